The molecule has 0 bridgehead atoms. The molecule has 1 fully saturated rings. The number of likely N-dealkylation sites (tertiary alicyclic amines) is 1. The van der Waals surface area contributed by atoms with Gasteiger partial charge in [-0.15, -0.1) is 0 Å². The van der Waals surface area contributed by atoms with E-state index in [1.54, 1.807) is 0 Å². The van der Waals surface area contributed by atoms with Gasteiger partial charge in [-0.25, -0.2) is 0 Å². The lowest BCUT2D eigenvalue weighted by Gasteiger charge is -2.45. The Hall–Kier alpha value is -1.95. The molecule has 1 aliphatic heterocycles. The molecule has 0 amide bonds. The van der Waals surface area contributed by atoms with E-state index in [1.807, 2.05) is 48.3 Å². The van der Waals surface area contributed by atoms with E-state index in [4.69, 9.17) is 4.43 Å². The summed E-state index contributed by atoms with van der Waals surface area (Å²) in [6.07, 6.45) is 0.414. The Morgan fingerprint density at radius 3 is 1.93 bits per heavy atom. The summed E-state index contributed by atoms with van der Waals surface area (Å²) >= 11 is 0. The van der Waals surface area contributed by atoms with Gasteiger partial charge in [0.15, 0.2) is 0 Å². The van der Waals surface area contributed by atoms with Gasteiger partial charge >= 0.3 is 5.97 Å². The van der Waals surface area contributed by atoms with Crippen molar-refractivity contribution in [2.24, 2.45) is 0 Å². The van der Waals surface area contributed by atoms with Gasteiger partial charge < -0.3 is 9.53 Å². The fraction of sp³-hybridized carbons (Fsp3) is 0.409. The van der Waals surface area contributed by atoms with Crippen LogP contribution in [0.1, 0.15) is 27.2 Å². The zero-order chi connectivity index (χ0) is 19.7. The van der Waals surface area contributed by atoms with Crippen LogP contribution < -0.4 is 10.4 Å². The van der Waals surface area contributed by atoms with Gasteiger partial charge in [0.05, 0.1) is 6.10 Å². The highest BCUT2D eigenvalue weighted by Gasteiger charge is 2.54. The van der Waals surface area contributed by atoms with Crippen molar-refractivity contribution in [3.05, 3.63) is 60.7 Å². The number of carbonyl (C=O) groups is 1. The Morgan fingerprint density at radius 2 is 1.52 bits per heavy atom. The Kier molecular flexibility index (Phi) is 5.56. The minimum absolute atomic E-state index is 0.153. The van der Waals surface area contributed by atoms with E-state index in [0.29, 0.717) is 0 Å². The normalized spacial score (nSPS) is 21.3. The van der Waals surface area contributed by atoms with Crippen LogP contribution in [0.25, 0.3) is 0 Å². The number of benzene rings is 2. The molecular formula is C22H29NO3Si. The number of carboxylic acids is 1. The lowest BCUT2D eigenvalue weighted by atomic mass is 10.2. The average molecular weight is 384 g/mol. The summed E-state index contributed by atoms with van der Waals surface area (Å²) < 4.78 is 7.00. The van der Waals surface area contributed by atoms with Crippen molar-refractivity contribution in [2.75, 3.05) is 13.6 Å². The zero-order valence-corrected chi connectivity index (χ0v) is 17.6. The molecule has 144 valence electrons. The fourth-order valence-electron chi connectivity index (χ4n) is 4.30. The summed E-state index contributed by atoms with van der Waals surface area (Å²) in [7, 11) is -0.853. The average Bonchev–Trinajstić information content (AvgIpc) is 3.00. The summed E-state index contributed by atoms with van der Waals surface area (Å²) in [5.74, 6) is -0.807. The minimum atomic E-state index is -2.72. The van der Waals surface area contributed by atoms with Crippen molar-refractivity contribution in [2.45, 2.75) is 44.4 Å². The van der Waals surface area contributed by atoms with E-state index in [2.05, 4.69) is 45.0 Å². The second-order valence-electron chi connectivity index (χ2n) is 8.37. The quantitative estimate of drug-likeness (QED) is 0.807. The maximum atomic E-state index is 11.9. The first-order valence-corrected chi connectivity index (χ1v) is 11.4. The van der Waals surface area contributed by atoms with Crippen LogP contribution in [-0.4, -0.2) is 50.0 Å². The second-order valence-corrected chi connectivity index (χ2v) is 12.6. The third kappa shape index (κ3) is 3.59. The molecule has 1 aliphatic rings. The number of nitrogens with zero attached hydrogens (tertiary/aromatic N) is 1. The third-order valence-electron chi connectivity index (χ3n) is 5.59. The van der Waals surface area contributed by atoms with Crippen molar-refractivity contribution in [1.82, 2.24) is 4.90 Å². The molecule has 0 saturated carbocycles. The van der Waals surface area contributed by atoms with Crippen LogP contribution in [0.4, 0.5) is 0 Å². The summed E-state index contributed by atoms with van der Waals surface area (Å²) in [6.45, 7) is 7.38. The highest BCUT2D eigenvalue weighted by Crippen LogP contribution is 2.39. The molecule has 0 unspecified atom stereocenters. The van der Waals surface area contributed by atoms with E-state index in [1.165, 1.54) is 10.4 Å². The van der Waals surface area contributed by atoms with Crippen LogP contribution in [0, 0.1) is 0 Å². The highest BCUT2D eigenvalue weighted by atomic mass is 28.4. The van der Waals surface area contributed by atoms with Crippen molar-refractivity contribution >= 4 is 24.7 Å². The topological polar surface area (TPSA) is 49.8 Å². The van der Waals surface area contributed by atoms with Crippen LogP contribution in [0.5, 0.6) is 0 Å². The molecule has 2 atom stereocenters. The number of likely N-dealkylation sites (N-methyl/N-ethyl adjacent to an activating group) is 1. The molecule has 0 aromatic heterocycles. The lowest BCUT2D eigenvalue weighted by molar-refractivity contribution is -0.144. The third-order valence-corrected chi connectivity index (χ3v) is 10.7. The highest BCUT2D eigenvalue weighted by molar-refractivity contribution is 6.99. The molecular weight excluding hydrogens is 354 g/mol. The van der Waals surface area contributed by atoms with Crippen LogP contribution in [-0.2, 0) is 9.22 Å². The molecule has 2 aromatic carbocycles. The smallest absolute Gasteiger partial charge is 0.323 e. The predicted octanol–water partition coefficient (Wildman–Crippen LogP) is 2.72. The largest absolute Gasteiger partial charge is 0.480 e. The van der Waals surface area contributed by atoms with Gasteiger partial charge in [-0.3, -0.25) is 9.69 Å². The van der Waals surface area contributed by atoms with Gasteiger partial charge in [0.25, 0.3) is 8.32 Å². The number of rotatable bonds is 5. The molecule has 3 rings (SSSR count). The van der Waals surface area contributed by atoms with Crippen molar-refractivity contribution in [3.63, 3.8) is 0 Å². The van der Waals surface area contributed by atoms with Crippen molar-refractivity contribution < 1.29 is 14.3 Å². The number of carboxylic acid groups (broad SMARTS) is 1. The Labute approximate surface area is 162 Å². The molecule has 5 heteroatoms. The fourth-order valence-corrected chi connectivity index (χ4v) is 9.02. The molecule has 4 nitrogen and oxygen atoms in total. The molecule has 0 radical (unpaired) electrons. The summed E-state index contributed by atoms with van der Waals surface area (Å²) in [5, 5.41) is 12.0. The number of hydrogen-bond donors (Lipinski definition) is 1. The van der Waals surface area contributed by atoms with Crippen LogP contribution in [0.3, 0.4) is 0 Å². The van der Waals surface area contributed by atoms with Crippen molar-refractivity contribution in [1.29, 1.82) is 0 Å². The molecule has 1 heterocycles. The Bertz CT molecular complexity index is 734. The summed E-state index contributed by atoms with van der Waals surface area (Å²) in [6, 6.07) is 20.2. The number of aliphatic carboxylic acids is 1. The van der Waals surface area contributed by atoms with Crippen LogP contribution >= 0.6 is 0 Å². The first-order valence-electron chi connectivity index (χ1n) is 9.49. The lowest BCUT2D eigenvalue weighted by Crippen LogP contribution is -2.68. The second kappa shape index (κ2) is 7.58. The molecule has 1 N–H and O–H groups in total. The predicted molar refractivity (Wildman–Crippen MR) is 111 cm³/mol. The first-order chi connectivity index (χ1) is 12.8. The van der Waals surface area contributed by atoms with Gasteiger partial charge in [-0.2, -0.15) is 0 Å². The first kappa shape index (κ1) is 19.8. The monoisotopic (exact) mass is 383 g/mol. The zero-order valence-electron chi connectivity index (χ0n) is 16.6. The van der Waals surface area contributed by atoms with Crippen molar-refractivity contribution in [3.8, 4) is 0 Å². The summed E-state index contributed by atoms with van der Waals surface area (Å²) in [5.41, 5.74) is 0. The van der Waals surface area contributed by atoms with Crippen LogP contribution in [0.15, 0.2) is 60.7 Å². The molecule has 0 aliphatic carbocycles. The summed E-state index contributed by atoms with van der Waals surface area (Å²) in [4.78, 5) is 13.8. The van der Waals surface area contributed by atoms with E-state index in [0.717, 1.165) is 13.0 Å². The van der Waals surface area contributed by atoms with E-state index >= 15 is 0 Å². The van der Waals surface area contributed by atoms with Gasteiger partial charge in [0.1, 0.15) is 6.04 Å². The Morgan fingerprint density at radius 1 is 1.04 bits per heavy atom. The van der Waals surface area contributed by atoms with E-state index in [9.17, 15) is 9.90 Å². The van der Waals surface area contributed by atoms with E-state index in [-0.39, 0.29) is 11.1 Å². The van der Waals surface area contributed by atoms with Gasteiger partial charge in [-0.05, 0) is 28.9 Å². The molecule has 0 spiro atoms. The molecule has 1 saturated heterocycles. The van der Waals surface area contributed by atoms with Gasteiger partial charge in [0, 0.05) is 6.54 Å². The van der Waals surface area contributed by atoms with Gasteiger partial charge in [-0.1, -0.05) is 81.4 Å². The maximum absolute atomic E-state index is 11.9. The standard InChI is InChI=1S/C22H29NO3Si/c1-22(2,3)27(17-11-7-5-8-12-17,18-13-9-6-10-14-18)26-19-15-16-23(4)20(19)21(24)25/h5-14,19-20H,15-16H2,1-4H3,(H,24,25)/t19-,20+/m0/s1. The van der Waals surface area contributed by atoms with Gasteiger partial charge in [0.2, 0.25) is 0 Å². The molecule has 2 aromatic rings. The Balaban J connectivity index is 2.17. The van der Waals surface area contributed by atoms with Crippen LogP contribution in [0.2, 0.25) is 5.04 Å². The van der Waals surface area contributed by atoms with E-state index < -0.39 is 20.3 Å². The minimum Gasteiger partial charge on any atom is -0.480 e. The molecule has 27 heavy (non-hydrogen) atoms. The SMILES string of the molecule is CN1CC[C@H](O[Si](c2ccccc2)(c2ccccc2)C(C)(C)C)[C@@H]1C(=O)O. The number of hydrogen-bond acceptors (Lipinski definition) is 3. The maximum Gasteiger partial charge on any atom is 0.323 e.